The number of likely N-dealkylation sites (N-methyl/N-ethyl adjacent to an activating group) is 1. The van der Waals surface area contributed by atoms with E-state index in [1.54, 1.807) is 11.3 Å². The molecule has 3 heterocycles. The van der Waals surface area contributed by atoms with E-state index in [1.165, 1.54) is 10.5 Å². The first-order valence-electron chi connectivity index (χ1n) is 10.00. The van der Waals surface area contributed by atoms with Crippen molar-refractivity contribution >= 4 is 39.2 Å². The molecule has 1 aliphatic heterocycles. The average molecular weight is 422 g/mol. The summed E-state index contributed by atoms with van der Waals surface area (Å²) < 4.78 is 7.34. The van der Waals surface area contributed by atoms with Crippen LogP contribution in [0.15, 0.2) is 47.7 Å². The van der Waals surface area contributed by atoms with Crippen LogP contribution in [0.25, 0.3) is 15.8 Å². The summed E-state index contributed by atoms with van der Waals surface area (Å²) in [6.07, 6.45) is 5.93. The third-order valence-corrected chi connectivity index (χ3v) is 6.21. The maximum atomic E-state index is 6.29. The second-order valence-corrected chi connectivity index (χ2v) is 8.67. The highest BCUT2D eigenvalue weighted by atomic mass is 32.1. The molecule has 1 N–H and O–H groups in total. The smallest absolute Gasteiger partial charge is 0.148 e. The Morgan fingerprint density at radius 3 is 2.83 bits per heavy atom. The number of nitrogens with zero attached hydrogens (tertiary/aromatic N) is 4. The molecule has 0 radical (unpaired) electrons. The fourth-order valence-electron chi connectivity index (χ4n) is 3.29. The number of fused-ring (bicyclic) bond motifs is 1. The molecule has 2 aromatic heterocycles. The molecule has 0 bridgehead atoms. The summed E-state index contributed by atoms with van der Waals surface area (Å²) in [4.78, 5) is 14.6. The van der Waals surface area contributed by atoms with Crippen molar-refractivity contribution in [3.63, 3.8) is 0 Å². The first-order chi connectivity index (χ1) is 14.5. The van der Waals surface area contributed by atoms with Crippen LogP contribution in [0.2, 0.25) is 0 Å². The molecular weight excluding hydrogens is 394 g/mol. The van der Waals surface area contributed by atoms with Crippen LogP contribution < -0.4 is 10.1 Å². The summed E-state index contributed by atoms with van der Waals surface area (Å²) in [7, 11) is 6.08. The van der Waals surface area contributed by atoms with E-state index in [0.29, 0.717) is 6.54 Å². The summed E-state index contributed by atoms with van der Waals surface area (Å²) in [5.74, 6) is 1.69. The van der Waals surface area contributed by atoms with Gasteiger partial charge in [-0.3, -0.25) is 9.98 Å². The molecule has 0 aliphatic carbocycles. The van der Waals surface area contributed by atoms with Gasteiger partial charge in [0.1, 0.15) is 11.5 Å². The minimum atomic E-state index is 0.687. The van der Waals surface area contributed by atoms with E-state index >= 15 is 0 Å². The molecule has 0 atom stereocenters. The fourth-order valence-corrected chi connectivity index (χ4v) is 4.35. The molecule has 4 rings (SSSR count). The number of aliphatic imine (C=N–C) groups is 1. The van der Waals surface area contributed by atoms with E-state index in [4.69, 9.17) is 4.74 Å². The molecule has 0 saturated carbocycles. The van der Waals surface area contributed by atoms with E-state index in [9.17, 15) is 0 Å². The standard InChI is InChI=1S/C23H27N5OS/c1-16-11-18(24-2)5-6-20(16)29-21-7-8-26-19-12-22(30-23(19)21)17-13-25-15-28(14-17)10-9-27(3)4/h5-8,11-12,14-15,24H,9-10,13H2,1-4H3. The second-order valence-electron chi connectivity index (χ2n) is 7.62. The molecule has 1 aromatic carbocycles. The Labute approximate surface area is 181 Å². The summed E-state index contributed by atoms with van der Waals surface area (Å²) in [5.41, 5.74) is 4.32. The van der Waals surface area contributed by atoms with E-state index in [0.717, 1.165) is 46.1 Å². The molecule has 156 valence electrons. The van der Waals surface area contributed by atoms with E-state index < -0.39 is 0 Å². The van der Waals surface area contributed by atoms with Crippen LogP contribution >= 0.6 is 11.3 Å². The van der Waals surface area contributed by atoms with Gasteiger partial charge in [0.2, 0.25) is 0 Å². The SMILES string of the molecule is CNc1ccc(Oc2ccnc3cc(C4=CN(CCN(C)C)C=NC4)sc23)c(C)c1. The van der Waals surface area contributed by atoms with Gasteiger partial charge in [-0.15, -0.1) is 11.3 Å². The van der Waals surface area contributed by atoms with Gasteiger partial charge in [0.05, 0.1) is 23.1 Å². The quantitative estimate of drug-likeness (QED) is 0.600. The number of pyridine rings is 1. The van der Waals surface area contributed by atoms with Crippen LogP contribution in [0.1, 0.15) is 10.4 Å². The number of hydrogen-bond acceptors (Lipinski definition) is 7. The number of thiophene rings is 1. The molecule has 0 unspecified atom stereocenters. The highest BCUT2D eigenvalue weighted by Gasteiger charge is 2.15. The molecule has 3 aromatic rings. The lowest BCUT2D eigenvalue weighted by Crippen LogP contribution is -2.28. The Morgan fingerprint density at radius 1 is 1.20 bits per heavy atom. The topological polar surface area (TPSA) is 53.0 Å². The second kappa shape index (κ2) is 8.85. The lowest BCUT2D eigenvalue weighted by atomic mass is 10.2. The molecule has 1 aliphatic rings. The van der Waals surface area contributed by atoms with Crippen molar-refractivity contribution in [2.24, 2.45) is 4.99 Å². The maximum absolute atomic E-state index is 6.29. The van der Waals surface area contributed by atoms with E-state index in [1.807, 2.05) is 37.8 Å². The molecule has 0 amide bonds. The van der Waals surface area contributed by atoms with Gasteiger partial charge in [-0.25, -0.2) is 0 Å². The Hall–Kier alpha value is -2.90. The summed E-state index contributed by atoms with van der Waals surface area (Å²) >= 11 is 1.71. The maximum Gasteiger partial charge on any atom is 0.148 e. The lowest BCUT2D eigenvalue weighted by molar-refractivity contribution is 0.372. The van der Waals surface area contributed by atoms with Gasteiger partial charge >= 0.3 is 0 Å². The molecule has 7 heteroatoms. The third kappa shape index (κ3) is 4.47. The predicted molar refractivity (Wildman–Crippen MR) is 127 cm³/mol. The molecule has 6 nitrogen and oxygen atoms in total. The molecule has 30 heavy (non-hydrogen) atoms. The number of benzene rings is 1. The Kier molecular flexibility index (Phi) is 6.01. The van der Waals surface area contributed by atoms with Crippen molar-refractivity contribution in [1.82, 2.24) is 14.8 Å². The van der Waals surface area contributed by atoms with Crippen LogP contribution in [0.5, 0.6) is 11.5 Å². The number of anilines is 1. The number of nitrogens with one attached hydrogen (secondary N) is 1. The average Bonchev–Trinajstić information content (AvgIpc) is 3.19. The summed E-state index contributed by atoms with van der Waals surface area (Å²) in [6, 6.07) is 10.2. The van der Waals surface area contributed by atoms with Crippen molar-refractivity contribution in [3.05, 3.63) is 53.2 Å². The van der Waals surface area contributed by atoms with Gasteiger partial charge in [-0.2, -0.15) is 0 Å². The number of hydrogen-bond donors (Lipinski definition) is 1. The minimum Gasteiger partial charge on any atom is -0.455 e. The monoisotopic (exact) mass is 421 g/mol. The Balaban J connectivity index is 1.61. The van der Waals surface area contributed by atoms with Gasteiger partial charge in [-0.1, -0.05) is 0 Å². The third-order valence-electron chi connectivity index (χ3n) is 4.99. The zero-order chi connectivity index (χ0) is 21.1. The van der Waals surface area contributed by atoms with Crippen molar-refractivity contribution in [3.8, 4) is 11.5 Å². The van der Waals surface area contributed by atoms with Crippen LogP contribution in [0, 0.1) is 6.92 Å². The largest absolute Gasteiger partial charge is 0.455 e. The molecule has 0 saturated heterocycles. The number of aromatic nitrogens is 1. The summed E-state index contributed by atoms with van der Waals surface area (Å²) in [5, 5.41) is 3.16. The molecule has 0 fully saturated rings. The van der Waals surface area contributed by atoms with Gasteiger partial charge in [0.25, 0.3) is 0 Å². The Morgan fingerprint density at radius 2 is 2.07 bits per heavy atom. The fraction of sp³-hybridized carbons (Fsp3) is 0.304. The first-order valence-corrected chi connectivity index (χ1v) is 10.8. The minimum absolute atomic E-state index is 0.687. The van der Waals surface area contributed by atoms with Crippen molar-refractivity contribution in [2.45, 2.75) is 6.92 Å². The van der Waals surface area contributed by atoms with Gasteiger partial charge in [-0.05, 0) is 50.8 Å². The van der Waals surface area contributed by atoms with Crippen molar-refractivity contribution < 1.29 is 4.74 Å². The normalized spacial score (nSPS) is 13.8. The molecule has 0 spiro atoms. The van der Waals surface area contributed by atoms with Crippen LogP contribution in [0.3, 0.4) is 0 Å². The van der Waals surface area contributed by atoms with Crippen LogP contribution in [0.4, 0.5) is 5.69 Å². The Bertz CT molecular complexity index is 1100. The van der Waals surface area contributed by atoms with E-state index in [2.05, 4.69) is 64.4 Å². The lowest BCUT2D eigenvalue weighted by Gasteiger charge is -2.22. The zero-order valence-corrected chi connectivity index (χ0v) is 18.7. The van der Waals surface area contributed by atoms with Crippen LogP contribution in [-0.4, -0.2) is 61.9 Å². The van der Waals surface area contributed by atoms with E-state index in [-0.39, 0.29) is 0 Å². The first kappa shape index (κ1) is 20.4. The zero-order valence-electron chi connectivity index (χ0n) is 17.8. The van der Waals surface area contributed by atoms with Gasteiger partial charge < -0.3 is 19.9 Å². The van der Waals surface area contributed by atoms with Gasteiger partial charge in [0, 0.05) is 54.7 Å². The van der Waals surface area contributed by atoms with Gasteiger partial charge in [0.15, 0.2) is 0 Å². The number of rotatable bonds is 7. The summed E-state index contributed by atoms with van der Waals surface area (Å²) in [6.45, 7) is 4.64. The number of ether oxygens (including phenoxy) is 1. The highest BCUT2D eigenvalue weighted by Crippen LogP contribution is 2.38. The van der Waals surface area contributed by atoms with Crippen molar-refractivity contribution in [1.29, 1.82) is 0 Å². The number of aryl methyl sites for hydroxylation is 1. The molecular formula is C23H27N5OS. The van der Waals surface area contributed by atoms with Crippen molar-refractivity contribution in [2.75, 3.05) is 46.1 Å². The van der Waals surface area contributed by atoms with Crippen LogP contribution in [-0.2, 0) is 0 Å². The predicted octanol–water partition coefficient (Wildman–Crippen LogP) is 4.69. The highest BCUT2D eigenvalue weighted by molar-refractivity contribution is 7.20.